The lowest BCUT2D eigenvalue weighted by atomic mass is 9.97. The molecule has 1 saturated heterocycles. The lowest BCUT2D eigenvalue weighted by Gasteiger charge is -2.34. The summed E-state index contributed by atoms with van der Waals surface area (Å²) in [5.74, 6) is 0.0512. The molecule has 0 amide bonds. The summed E-state index contributed by atoms with van der Waals surface area (Å²) >= 11 is 0. The number of hydrogen-bond donors (Lipinski definition) is 1. The van der Waals surface area contributed by atoms with Crippen molar-refractivity contribution in [2.24, 2.45) is 5.92 Å². The van der Waals surface area contributed by atoms with Crippen LogP contribution in [0.15, 0.2) is 0 Å². The Morgan fingerprint density at radius 1 is 1.50 bits per heavy atom. The molecule has 1 rings (SSSR count). The van der Waals surface area contributed by atoms with Crippen LogP contribution in [0.5, 0.6) is 0 Å². The van der Waals surface area contributed by atoms with Crippen LogP contribution in [0.25, 0.3) is 0 Å². The molecular weight excluding hydrogens is 206 g/mol. The van der Waals surface area contributed by atoms with Crippen LogP contribution in [-0.2, 0) is 9.53 Å². The van der Waals surface area contributed by atoms with E-state index in [1.54, 1.807) is 7.11 Å². The average molecular weight is 229 g/mol. The number of carboxylic acids is 1. The van der Waals surface area contributed by atoms with E-state index >= 15 is 0 Å². The van der Waals surface area contributed by atoms with E-state index < -0.39 is 5.97 Å². The molecule has 1 aliphatic rings. The summed E-state index contributed by atoms with van der Waals surface area (Å²) in [6.45, 7) is 4.72. The number of aliphatic carboxylic acids is 1. The molecule has 0 bridgehead atoms. The van der Waals surface area contributed by atoms with Gasteiger partial charge in [-0.2, -0.15) is 0 Å². The van der Waals surface area contributed by atoms with Crippen molar-refractivity contribution in [1.82, 2.24) is 4.90 Å². The first-order chi connectivity index (χ1) is 7.65. The zero-order chi connectivity index (χ0) is 12.0. The van der Waals surface area contributed by atoms with Crippen molar-refractivity contribution in [3.63, 3.8) is 0 Å². The Hall–Kier alpha value is -0.610. The van der Waals surface area contributed by atoms with E-state index in [4.69, 9.17) is 4.74 Å². The molecule has 16 heavy (non-hydrogen) atoms. The topological polar surface area (TPSA) is 49.8 Å². The fourth-order valence-corrected chi connectivity index (χ4v) is 2.22. The summed E-state index contributed by atoms with van der Waals surface area (Å²) in [6, 6.07) is -0.317. The van der Waals surface area contributed by atoms with Gasteiger partial charge >= 0.3 is 5.97 Å². The predicted octanol–water partition coefficient (Wildman–Crippen LogP) is 1.60. The van der Waals surface area contributed by atoms with Crippen molar-refractivity contribution in [2.75, 3.05) is 26.8 Å². The lowest BCUT2D eigenvalue weighted by molar-refractivity contribution is -0.144. The Kier molecular flexibility index (Phi) is 5.77. The second-order valence-electron chi connectivity index (χ2n) is 4.71. The minimum absolute atomic E-state index is 0.317. The van der Waals surface area contributed by atoms with Crippen LogP contribution in [0.4, 0.5) is 0 Å². The summed E-state index contributed by atoms with van der Waals surface area (Å²) in [7, 11) is 1.65. The molecule has 1 aliphatic heterocycles. The largest absolute Gasteiger partial charge is 0.480 e. The number of hydrogen-bond acceptors (Lipinski definition) is 3. The van der Waals surface area contributed by atoms with Gasteiger partial charge in [-0.1, -0.05) is 6.92 Å². The molecule has 0 aliphatic carbocycles. The molecule has 0 spiro atoms. The van der Waals surface area contributed by atoms with E-state index in [0.29, 0.717) is 13.0 Å². The van der Waals surface area contributed by atoms with Crippen molar-refractivity contribution in [1.29, 1.82) is 0 Å². The summed E-state index contributed by atoms with van der Waals surface area (Å²) < 4.78 is 4.96. The van der Waals surface area contributed by atoms with Crippen LogP contribution in [-0.4, -0.2) is 48.8 Å². The van der Waals surface area contributed by atoms with Gasteiger partial charge in [-0.3, -0.25) is 9.69 Å². The third-order valence-electron chi connectivity index (χ3n) is 3.37. The molecule has 0 saturated carbocycles. The number of carbonyl (C=O) groups is 1. The molecule has 1 unspecified atom stereocenters. The van der Waals surface area contributed by atoms with Gasteiger partial charge in [0, 0.05) is 13.7 Å². The quantitative estimate of drug-likeness (QED) is 0.703. The van der Waals surface area contributed by atoms with Gasteiger partial charge in [0.15, 0.2) is 0 Å². The van der Waals surface area contributed by atoms with E-state index in [-0.39, 0.29) is 6.04 Å². The number of methoxy groups -OCH3 is 1. The van der Waals surface area contributed by atoms with Crippen LogP contribution >= 0.6 is 0 Å². The van der Waals surface area contributed by atoms with E-state index in [1.165, 1.54) is 0 Å². The molecule has 1 heterocycles. The Morgan fingerprint density at radius 2 is 2.12 bits per heavy atom. The molecular formula is C12H23NO3. The molecule has 1 atom stereocenters. The number of piperidine rings is 1. The number of rotatable bonds is 6. The molecule has 4 nitrogen and oxygen atoms in total. The Bertz CT molecular complexity index is 212. The highest BCUT2D eigenvalue weighted by Gasteiger charge is 2.27. The summed E-state index contributed by atoms with van der Waals surface area (Å²) in [6.07, 6.45) is 3.75. The zero-order valence-electron chi connectivity index (χ0n) is 10.3. The number of likely N-dealkylation sites (tertiary alicyclic amines) is 1. The Morgan fingerprint density at radius 3 is 2.62 bits per heavy atom. The molecule has 0 radical (unpaired) electrons. The summed E-state index contributed by atoms with van der Waals surface area (Å²) in [5.41, 5.74) is 0. The molecule has 0 aromatic heterocycles. The smallest absolute Gasteiger partial charge is 0.320 e. The van der Waals surface area contributed by atoms with E-state index in [2.05, 4.69) is 11.8 Å². The highest BCUT2D eigenvalue weighted by atomic mass is 16.5. The molecule has 0 aromatic carbocycles. The minimum Gasteiger partial charge on any atom is -0.480 e. The second-order valence-corrected chi connectivity index (χ2v) is 4.71. The van der Waals surface area contributed by atoms with Crippen molar-refractivity contribution in [2.45, 2.75) is 38.6 Å². The zero-order valence-corrected chi connectivity index (χ0v) is 10.3. The lowest BCUT2D eigenvalue weighted by Crippen LogP contribution is -2.45. The number of carboxylic acid groups (broad SMARTS) is 1. The van der Waals surface area contributed by atoms with Gasteiger partial charge in [0.05, 0.1) is 0 Å². The maximum absolute atomic E-state index is 11.2. The molecule has 1 N–H and O–H groups in total. The van der Waals surface area contributed by atoms with Gasteiger partial charge in [-0.15, -0.1) is 0 Å². The third kappa shape index (κ3) is 4.10. The van der Waals surface area contributed by atoms with Gasteiger partial charge in [0.1, 0.15) is 6.04 Å². The van der Waals surface area contributed by atoms with Crippen molar-refractivity contribution >= 4 is 5.97 Å². The van der Waals surface area contributed by atoms with Crippen molar-refractivity contribution in [3.05, 3.63) is 0 Å². The van der Waals surface area contributed by atoms with Gasteiger partial charge < -0.3 is 9.84 Å². The highest BCUT2D eigenvalue weighted by molar-refractivity contribution is 5.73. The van der Waals surface area contributed by atoms with E-state index in [1.807, 2.05) is 0 Å². The fourth-order valence-electron chi connectivity index (χ4n) is 2.22. The van der Waals surface area contributed by atoms with Crippen molar-refractivity contribution in [3.8, 4) is 0 Å². The minimum atomic E-state index is -0.689. The van der Waals surface area contributed by atoms with Crippen LogP contribution in [0.1, 0.15) is 32.6 Å². The molecule has 4 heteroatoms. The van der Waals surface area contributed by atoms with Crippen LogP contribution < -0.4 is 0 Å². The monoisotopic (exact) mass is 229 g/mol. The first-order valence-electron chi connectivity index (χ1n) is 6.11. The molecule has 94 valence electrons. The van der Waals surface area contributed by atoms with Gasteiger partial charge in [-0.25, -0.2) is 0 Å². The molecule has 0 aromatic rings. The maximum atomic E-state index is 11.2. The first-order valence-corrected chi connectivity index (χ1v) is 6.11. The maximum Gasteiger partial charge on any atom is 0.320 e. The van der Waals surface area contributed by atoms with Gasteiger partial charge in [-0.05, 0) is 44.7 Å². The fraction of sp³-hybridized carbons (Fsp3) is 0.917. The SMILES string of the molecule is COCCCC(C(=O)O)N1CCC(C)CC1. The molecule has 1 fully saturated rings. The first kappa shape index (κ1) is 13.5. The van der Waals surface area contributed by atoms with Crippen LogP contribution in [0, 0.1) is 5.92 Å². The Labute approximate surface area is 97.6 Å². The van der Waals surface area contributed by atoms with Crippen LogP contribution in [0.2, 0.25) is 0 Å². The van der Waals surface area contributed by atoms with Crippen LogP contribution in [0.3, 0.4) is 0 Å². The van der Waals surface area contributed by atoms with Gasteiger partial charge in [0.25, 0.3) is 0 Å². The average Bonchev–Trinajstić information content (AvgIpc) is 2.26. The Balaban J connectivity index is 2.40. The summed E-state index contributed by atoms with van der Waals surface area (Å²) in [5, 5.41) is 9.21. The number of nitrogens with zero attached hydrogens (tertiary/aromatic N) is 1. The van der Waals surface area contributed by atoms with Crippen molar-refractivity contribution < 1.29 is 14.6 Å². The summed E-state index contributed by atoms with van der Waals surface area (Å²) in [4.78, 5) is 13.3. The number of ether oxygens (including phenoxy) is 1. The third-order valence-corrected chi connectivity index (χ3v) is 3.37. The van der Waals surface area contributed by atoms with Gasteiger partial charge in [0.2, 0.25) is 0 Å². The normalized spacial score (nSPS) is 20.9. The second kappa shape index (κ2) is 6.86. The van der Waals surface area contributed by atoms with E-state index in [0.717, 1.165) is 38.3 Å². The highest BCUT2D eigenvalue weighted by Crippen LogP contribution is 2.20. The predicted molar refractivity (Wildman–Crippen MR) is 62.5 cm³/mol. The standard InChI is InChI=1S/C12H23NO3/c1-10-5-7-13(8-6-10)11(12(14)15)4-3-9-16-2/h10-11H,3-9H2,1-2H3,(H,14,15). The van der Waals surface area contributed by atoms with E-state index in [9.17, 15) is 9.90 Å².